The molecular weight excluding hydrogens is 218 g/mol. The summed E-state index contributed by atoms with van der Waals surface area (Å²) >= 11 is 0. The van der Waals surface area contributed by atoms with Gasteiger partial charge in [-0.05, 0) is 6.07 Å². The molecule has 0 saturated carbocycles. The van der Waals surface area contributed by atoms with Crippen molar-refractivity contribution in [2.75, 3.05) is 19.0 Å². The molecular formula is C11H13N5O. The van der Waals surface area contributed by atoms with Gasteiger partial charge in [-0.1, -0.05) is 0 Å². The fourth-order valence-electron chi connectivity index (χ4n) is 1.36. The van der Waals surface area contributed by atoms with Crippen molar-refractivity contribution < 1.29 is 0 Å². The molecule has 2 aromatic rings. The van der Waals surface area contributed by atoms with Crippen molar-refractivity contribution in [1.29, 1.82) is 0 Å². The summed E-state index contributed by atoms with van der Waals surface area (Å²) in [7, 11) is 3.75. The molecule has 0 aliphatic carbocycles. The Balaban J connectivity index is 2.32. The minimum atomic E-state index is -0.152. The molecule has 0 radical (unpaired) electrons. The van der Waals surface area contributed by atoms with Gasteiger partial charge >= 0.3 is 0 Å². The minimum absolute atomic E-state index is 0.152. The van der Waals surface area contributed by atoms with E-state index in [0.29, 0.717) is 12.2 Å². The third kappa shape index (κ3) is 2.66. The van der Waals surface area contributed by atoms with Crippen molar-refractivity contribution >= 4 is 5.82 Å². The fourth-order valence-corrected chi connectivity index (χ4v) is 1.36. The van der Waals surface area contributed by atoms with Crippen LogP contribution in [0.5, 0.6) is 0 Å². The predicted molar refractivity (Wildman–Crippen MR) is 64.0 cm³/mol. The van der Waals surface area contributed by atoms with Gasteiger partial charge in [0.05, 0.1) is 18.4 Å². The van der Waals surface area contributed by atoms with Crippen LogP contribution in [0.25, 0.3) is 0 Å². The summed E-state index contributed by atoms with van der Waals surface area (Å²) < 4.78 is 1.37. The maximum absolute atomic E-state index is 11.6. The van der Waals surface area contributed by atoms with Gasteiger partial charge in [-0.2, -0.15) is 5.10 Å². The molecule has 2 heterocycles. The van der Waals surface area contributed by atoms with Crippen LogP contribution in [0.3, 0.4) is 0 Å². The van der Waals surface area contributed by atoms with Crippen LogP contribution in [-0.4, -0.2) is 33.8 Å². The Kier molecular flexibility index (Phi) is 3.13. The molecule has 0 saturated heterocycles. The Labute approximate surface area is 98.6 Å². The number of aromatic nitrogens is 4. The average molecular weight is 231 g/mol. The highest BCUT2D eigenvalue weighted by Crippen LogP contribution is 2.02. The Hall–Kier alpha value is -2.24. The monoisotopic (exact) mass is 231 g/mol. The zero-order valence-corrected chi connectivity index (χ0v) is 9.74. The molecule has 17 heavy (non-hydrogen) atoms. The first kappa shape index (κ1) is 11.3. The molecule has 0 spiro atoms. The molecule has 88 valence electrons. The van der Waals surface area contributed by atoms with E-state index in [1.54, 1.807) is 24.7 Å². The fraction of sp³-hybridized carbons (Fsp3) is 0.273. The molecule has 2 aromatic heterocycles. The zero-order valence-electron chi connectivity index (χ0n) is 9.74. The third-order valence-corrected chi connectivity index (χ3v) is 2.24. The summed E-state index contributed by atoms with van der Waals surface area (Å²) in [5.41, 5.74) is 0.555. The Morgan fingerprint density at radius 1 is 1.29 bits per heavy atom. The van der Waals surface area contributed by atoms with Crippen molar-refractivity contribution in [3.05, 3.63) is 46.8 Å². The van der Waals surface area contributed by atoms with Crippen LogP contribution in [0.15, 0.2) is 35.5 Å². The Morgan fingerprint density at radius 3 is 2.76 bits per heavy atom. The normalized spacial score (nSPS) is 10.2. The first-order chi connectivity index (χ1) is 8.16. The van der Waals surface area contributed by atoms with Gasteiger partial charge in [-0.25, -0.2) is 4.68 Å². The number of hydrogen-bond donors (Lipinski definition) is 0. The summed E-state index contributed by atoms with van der Waals surface area (Å²) in [4.78, 5) is 21.5. The molecule has 2 rings (SSSR count). The second kappa shape index (κ2) is 4.73. The molecule has 0 bridgehead atoms. The minimum Gasteiger partial charge on any atom is -0.361 e. The van der Waals surface area contributed by atoms with E-state index in [9.17, 15) is 4.79 Å². The van der Waals surface area contributed by atoms with Crippen LogP contribution < -0.4 is 10.5 Å². The van der Waals surface area contributed by atoms with Crippen LogP contribution >= 0.6 is 0 Å². The van der Waals surface area contributed by atoms with Crippen LogP contribution in [-0.2, 0) is 6.54 Å². The van der Waals surface area contributed by atoms with E-state index in [1.165, 1.54) is 10.7 Å². The molecule has 0 fully saturated rings. The van der Waals surface area contributed by atoms with Crippen molar-refractivity contribution in [3.8, 4) is 0 Å². The molecule has 0 unspecified atom stereocenters. The third-order valence-electron chi connectivity index (χ3n) is 2.24. The Morgan fingerprint density at radius 2 is 2.12 bits per heavy atom. The zero-order chi connectivity index (χ0) is 12.3. The molecule has 6 heteroatoms. The Bertz CT molecular complexity index is 549. The van der Waals surface area contributed by atoms with E-state index in [0.717, 1.165) is 5.82 Å². The number of anilines is 1. The van der Waals surface area contributed by atoms with E-state index in [1.807, 2.05) is 19.0 Å². The largest absolute Gasteiger partial charge is 0.361 e. The lowest BCUT2D eigenvalue weighted by Gasteiger charge is -2.12. The lowest BCUT2D eigenvalue weighted by Crippen LogP contribution is -2.25. The second-order valence-corrected chi connectivity index (χ2v) is 3.78. The van der Waals surface area contributed by atoms with Gasteiger partial charge < -0.3 is 4.90 Å². The summed E-state index contributed by atoms with van der Waals surface area (Å²) in [5, 5.41) is 4.23. The molecule has 0 N–H and O–H groups in total. The van der Waals surface area contributed by atoms with E-state index < -0.39 is 0 Å². The van der Waals surface area contributed by atoms with E-state index in [4.69, 9.17) is 0 Å². The predicted octanol–water partition coefficient (Wildman–Crippen LogP) is 0.148. The first-order valence-corrected chi connectivity index (χ1v) is 5.17. The lowest BCUT2D eigenvalue weighted by atomic mass is 10.4. The number of hydrogen-bond acceptors (Lipinski definition) is 5. The molecule has 6 nitrogen and oxygen atoms in total. The maximum Gasteiger partial charge on any atom is 0.267 e. The van der Waals surface area contributed by atoms with E-state index in [2.05, 4.69) is 15.1 Å². The van der Waals surface area contributed by atoms with E-state index in [-0.39, 0.29) is 5.56 Å². The van der Waals surface area contributed by atoms with Crippen LogP contribution in [0, 0.1) is 0 Å². The molecule has 0 aromatic carbocycles. The topological polar surface area (TPSA) is 63.9 Å². The van der Waals surface area contributed by atoms with Crippen molar-refractivity contribution in [2.24, 2.45) is 0 Å². The SMILES string of the molecule is CN(C)c1ccc(=O)n(Cc2cnccn2)n1. The highest BCUT2D eigenvalue weighted by Gasteiger charge is 2.03. The van der Waals surface area contributed by atoms with Gasteiger partial charge in [0, 0.05) is 32.6 Å². The maximum atomic E-state index is 11.6. The van der Waals surface area contributed by atoms with Crippen molar-refractivity contribution in [1.82, 2.24) is 19.7 Å². The average Bonchev–Trinajstić information content (AvgIpc) is 2.33. The standard InChI is InChI=1S/C11H13N5O/c1-15(2)10-3-4-11(17)16(14-10)8-9-7-12-5-6-13-9/h3-7H,8H2,1-2H3. The van der Waals surface area contributed by atoms with Crippen LogP contribution in [0.4, 0.5) is 5.82 Å². The van der Waals surface area contributed by atoms with Gasteiger partial charge in [0.1, 0.15) is 5.82 Å². The second-order valence-electron chi connectivity index (χ2n) is 3.78. The van der Waals surface area contributed by atoms with Gasteiger partial charge in [0.2, 0.25) is 0 Å². The van der Waals surface area contributed by atoms with Crippen LogP contribution in [0.2, 0.25) is 0 Å². The molecule has 0 aliphatic heterocycles. The molecule has 0 aliphatic rings. The number of rotatable bonds is 3. The van der Waals surface area contributed by atoms with Gasteiger partial charge in [-0.3, -0.25) is 14.8 Å². The smallest absolute Gasteiger partial charge is 0.267 e. The number of nitrogens with zero attached hydrogens (tertiary/aromatic N) is 5. The summed E-state index contributed by atoms with van der Waals surface area (Å²) in [6, 6.07) is 3.19. The van der Waals surface area contributed by atoms with Gasteiger partial charge in [0.25, 0.3) is 5.56 Å². The van der Waals surface area contributed by atoms with Gasteiger partial charge in [0.15, 0.2) is 0 Å². The van der Waals surface area contributed by atoms with Crippen LogP contribution in [0.1, 0.15) is 5.69 Å². The lowest BCUT2D eigenvalue weighted by molar-refractivity contribution is 0.624. The summed E-state index contributed by atoms with van der Waals surface area (Å²) in [6.07, 6.45) is 4.81. The highest BCUT2D eigenvalue weighted by molar-refractivity contribution is 5.33. The highest BCUT2D eigenvalue weighted by atomic mass is 16.1. The van der Waals surface area contributed by atoms with Crippen molar-refractivity contribution in [2.45, 2.75) is 6.54 Å². The summed E-state index contributed by atoms with van der Waals surface area (Å²) in [5.74, 6) is 0.730. The summed E-state index contributed by atoms with van der Waals surface area (Å²) in [6.45, 7) is 0.328. The molecule has 0 atom stereocenters. The van der Waals surface area contributed by atoms with Gasteiger partial charge in [-0.15, -0.1) is 0 Å². The van der Waals surface area contributed by atoms with Crippen molar-refractivity contribution in [3.63, 3.8) is 0 Å². The quantitative estimate of drug-likeness (QED) is 0.752. The molecule has 0 amide bonds. The van der Waals surface area contributed by atoms with E-state index >= 15 is 0 Å². The first-order valence-electron chi connectivity index (χ1n) is 5.17.